The molecule has 50 heavy (non-hydrogen) atoms. The van der Waals surface area contributed by atoms with Gasteiger partial charge >= 0.3 is 0 Å². The quantitative estimate of drug-likeness (QED) is 0.175. The minimum atomic E-state index is -0.371. The minimum Gasteiger partial charge on any atom is -0.399 e. The van der Waals surface area contributed by atoms with Crippen molar-refractivity contribution >= 4 is 32.9 Å². The van der Waals surface area contributed by atoms with Crippen LogP contribution in [0.2, 0.25) is 0 Å². The van der Waals surface area contributed by atoms with E-state index in [0.717, 1.165) is 11.4 Å². The second-order valence-electron chi connectivity index (χ2n) is 13.2. The Morgan fingerprint density at radius 1 is 0.400 bits per heavy atom. The summed E-state index contributed by atoms with van der Waals surface area (Å²) in [5, 5.41) is 5.13. The average Bonchev–Trinajstić information content (AvgIpc) is 3.62. The van der Waals surface area contributed by atoms with E-state index in [1.54, 1.807) is 0 Å². The van der Waals surface area contributed by atoms with Crippen LogP contribution in [-0.2, 0) is 5.41 Å². The maximum atomic E-state index is 5.98. The molecule has 2 aliphatic carbocycles. The van der Waals surface area contributed by atoms with Gasteiger partial charge in [-0.15, -0.1) is 0 Å². The van der Waals surface area contributed by atoms with Gasteiger partial charge in [0.2, 0.25) is 0 Å². The van der Waals surface area contributed by atoms with Crippen LogP contribution in [0.15, 0.2) is 170 Å². The smallest absolute Gasteiger partial charge is 0.0731 e. The number of nitrogen functional groups attached to an aromatic ring is 2. The van der Waals surface area contributed by atoms with Gasteiger partial charge in [0, 0.05) is 11.4 Å². The van der Waals surface area contributed by atoms with Crippen molar-refractivity contribution < 1.29 is 0 Å². The van der Waals surface area contributed by atoms with Crippen molar-refractivity contribution in [3.8, 4) is 33.4 Å². The molecule has 0 radical (unpaired) electrons. The molecule has 0 saturated heterocycles. The van der Waals surface area contributed by atoms with Crippen LogP contribution in [0.25, 0.3) is 54.9 Å². The summed E-state index contributed by atoms with van der Waals surface area (Å²) in [5.41, 5.74) is 25.8. The first-order chi connectivity index (χ1) is 24.5. The van der Waals surface area contributed by atoms with Crippen LogP contribution < -0.4 is 11.5 Å². The Hall–Kier alpha value is -6.12. The molecular weight excluding hydrogens is 605 g/mol. The average molecular weight is 645 g/mol. The lowest BCUT2D eigenvalue weighted by Crippen LogP contribution is -2.26. The zero-order chi connectivity index (χ0) is 34.2. The minimum absolute atomic E-state index is 0.371. The molecule has 8 aromatic rings. The number of benzene rings is 8. The Kier molecular flexibility index (Phi) is 7.93. The molecule has 0 fully saturated rings. The molecule has 0 aliphatic heterocycles. The van der Waals surface area contributed by atoms with Crippen LogP contribution in [0.1, 0.15) is 42.5 Å². The Balaban J connectivity index is 0.000000317. The maximum absolute atomic E-state index is 5.98. The SMILES string of the molecule is CCC.Nc1ccc(-c2ccc3c4c(ccc3c2)-c2cc3ccccc3cc2C42c3ccccc3-c3ccccc32)cc1.Nc1ccccc1. The van der Waals surface area contributed by atoms with Crippen LogP contribution in [0.5, 0.6) is 0 Å². The van der Waals surface area contributed by atoms with Gasteiger partial charge in [-0.25, -0.2) is 0 Å². The van der Waals surface area contributed by atoms with Gasteiger partial charge in [-0.1, -0.05) is 148 Å². The Labute approximate surface area is 294 Å². The van der Waals surface area contributed by atoms with E-state index < -0.39 is 0 Å². The molecule has 2 aliphatic rings. The first-order valence-corrected chi connectivity index (χ1v) is 17.5. The number of fused-ring (bicyclic) bond motifs is 13. The van der Waals surface area contributed by atoms with Crippen LogP contribution >= 0.6 is 0 Å². The van der Waals surface area contributed by atoms with Crippen molar-refractivity contribution in [3.63, 3.8) is 0 Å². The lowest BCUT2D eigenvalue weighted by molar-refractivity contribution is 0.802. The molecule has 2 nitrogen and oxygen atoms in total. The first kappa shape index (κ1) is 31.2. The summed E-state index contributed by atoms with van der Waals surface area (Å²) in [5.74, 6) is 0. The Morgan fingerprint density at radius 2 is 0.940 bits per heavy atom. The van der Waals surface area contributed by atoms with Crippen LogP contribution in [0, 0.1) is 0 Å². The predicted octanol–water partition coefficient (Wildman–Crippen LogP) is 12.3. The maximum Gasteiger partial charge on any atom is 0.0731 e. The third kappa shape index (κ3) is 4.95. The van der Waals surface area contributed by atoms with Crippen molar-refractivity contribution in [1.29, 1.82) is 0 Å². The summed E-state index contributed by atoms with van der Waals surface area (Å²) in [6.45, 7) is 4.25. The van der Waals surface area contributed by atoms with E-state index in [1.807, 2.05) is 42.5 Å². The molecule has 0 bridgehead atoms. The molecule has 10 rings (SSSR count). The molecule has 0 heterocycles. The highest BCUT2D eigenvalue weighted by atomic mass is 14.5. The standard InChI is InChI=1S/C39H25N.C6H7N.C3H8/c40-29-17-13-24(14-18-29)27-15-19-30-28(21-27)16-20-33-34-22-25-7-1-2-8-26(25)23-37(34)39(38(30)33)35-11-5-3-9-31(35)32-10-4-6-12-36(32)39;7-6-4-2-1-3-5-6;1-3-2/h1-23H,40H2;1-5H,7H2;3H2,1-2H3. The molecule has 1 spiro atoms. The molecule has 8 aromatic carbocycles. The molecule has 242 valence electrons. The van der Waals surface area contributed by atoms with E-state index in [2.05, 4.69) is 141 Å². The number of anilines is 2. The highest BCUT2D eigenvalue weighted by Crippen LogP contribution is 2.64. The molecule has 0 atom stereocenters. The van der Waals surface area contributed by atoms with Gasteiger partial charge in [-0.05, 0) is 120 Å². The molecule has 4 N–H and O–H groups in total. The summed E-state index contributed by atoms with van der Waals surface area (Å²) >= 11 is 0. The number of rotatable bonds is 1. The van der Waals surface area contributed by atoms with Gasteiger partial charge in [0.15, 0.2) is 0 Å². The van der Waals surface area contributed by atoms with E-state index in [4.69, 9.17) is 11.5 Å². The second kappa shape index (κ2) is 12.7. The monoisotopic (exact) mass is 644 g/mol. The van der Waals surface area contributed by atoms with E-state index in [-0.39, 0.29) is 5.41 Å². The van der Waals surface area contributed by atoms with Crippen LogP contribution in [-0.4, -0.2) is 0 Å². The highest BCUT2D eigenvalue weighted by Gasteiger charge is 2.52. The highest BCUT2D eigenvalue weighted by molar-refractivity contribution is 6.06. The first-order valence-electron chi connectivity index (χ1n) is 17.5. The summed E-state index contributed by atoms with van der Waals surface area (Å²) in [7, 11) is 0. The van der Waals surface area contributed by atoms with Gasteiger partial charge in [0.25, 0.3) is 0 Å². The molecule has 0 unspecified atom stereocenters. The summed E-state index contributed by atoms with van der Waals surface area (Å²) in [4.78, 5) is 0. The van der Waals surface area contributed by atoms with Crippen molar-refractivity contribution in [2.24, 2.45) is 0 Å². The van der Waals surface area contributed by atoms with Gasteiger partial charge < -0.3 is 11.5 Å². The lowest BCUT2D eigenvalue weighted by atomic mass is 9.69. The zero-order valence-electron chi connectivity index (χ0n) is 28.5. The number of hydrogen-bond donors (Lipinski definition) is 2. The topological polar surface area (TPSA) is 52.0 Å². The summed E-state index contributed by atoms with van der Waals surface area (Å²) in [6.07, 6.45) is 1.25. The fraction of sp³-hybridized carbons (Fsp3) is 0.0833. The molecule has 2 heteroatoms. The van der Waals surface area contributed by atoms with Gasteiger partial charge in [-0.2, -0.15) is 0 Å². The fourth-order valence-electron chi connectivity index (χ4n) is 7.97. The summed E-state index contributed by atoms with van der Waals surface area (Å²) in [6, 6.07) is 61.0. The number of nitrogens with two attached hydrogens (primary N) is 2. The zero-order valence-corrected chi connectivity index (χ0v) is 28.5. The number of hydrogen-bond acceptors (Lipinski definition) is 2. The van der Waals surface area contributed by atoms with Crippen molar-refractivity contribution in [3.05, 3.63) is 192 Å². The normalized spacial score (nSPS) is 12.6. The summed E-state index contributed by atoms with van der Waals surface area (Å²) < 4.78 is 0. The molecule has 0 amide bonds. The van der Waals surface area contributed by atoms with Gasteiger partial charge in [-0.3, -0.25) is 0 Å². The fourth-order valence-corrected chi connectivity index (χ4v) is 7.97. The Bertz CT molecular complexity index is 2450. The lowest BCUT2D eigenvalue weighted by Gasteiger charge is -2.31. The third-order valence-corrected chi connectivity index (χ3v) is 9.97. The third-order valence-electron chi connectivity index (χ3n) is 9.97. The molecule has 0 saturated carbocycles. The molecule has 0 aromatic heterocycles. The van der Waals surface area contributed by atoms with Crippen molar-refractivity contribution in [2.75, 3.05) is 11.5 Å². The number of para-hydroxylation sites is 1. The van der Waals surface area contributed by atoms with Crippen LogP contribution in [0.3, 0.4) is 0 Å². The Morgan fingerprint density at radius 3 is 1.56 bits per heavy atom. The van der Waals surface area contributed by atoms with E-state index in [0.29, 0.717) is 0 Å². The van der Waals surface area contributed by atoms with E-state index in [1.165, 1.54) is 83.6 Å². The van der Waals surface area contributed by atoms with Crippen molar-refractivity contribution in [1.82, 2.24) is 0 Å². The van der Waals surface area contributed by atoms with Gasteiger partial charge in [0.1, 0.15) is 0 Å². The molecular formula is C48H40N2. The largest absolute Gasteiger partial charge is 0.399 e. The second-order valence-corrected chi connectivity index (χ2v) is 13.2. The van der Waals surface area contributed by atoms with Gasteiger partial charge in [0.05, 0.1) is 5.41 Å². The van der Waals surface area contributed by atoms with Crippen molar-refractivity contribution in [2.45, 2.75) is 25.7 Å². The van der Waals surface area contributed by atoms with Crippen LogP contribution in [0.4, 0.5) is 11.4 Å². The van der Waals surface area contributed by atoms with E-state index >= 15 is 0 Å². The van der Waals surface area contributed by atoms with E-state index in [9.17, 15) is 0 Å². The predicted molar refractivity (Wildman–Crippen MR) is 214 cm³/mol.